The van der Waals surface area contributed by atoms with Crippen molar-refractivity contribution in [2.75, 3.05) is 25.5 Å². The second-order valence-electron chi connectivity index (χ2n) is 6.77. The van der Waals surface area contributed by atoms with Crippen LogP contribution in [0.5, 0.6) is 5.75 Å². The van der Waals surface area contributed by atoms with Crippen LogP contribution < -0.4 is 10.1 Å². The van der Waals surface area contributed by atoms with Crippen LogP contribution in [-0.4, -0.2) is 41.9 Å². The van der Waals surface area contributed by atoms with Crippen molar-refractivity contribution in [3.8, 4) is 5.75 Å². The number of hydrogen-bond donors (Lipinski definition) is 1. The SMILES string of the molecule is COc1ccc2nc(NC(=O)C3CCN(C(=O)c4ccccc4)CC3)sc2c1. The van der Waals surface area contributed by atoms with Gasteiger partial charge < -0.3 is 15.0 Å². The number of methoxy groups -OCH3 is 1. The molecule has 144 valence electrons. The molecule has 1 N–H and O–H groups in total. The smallest absolute Gasteiger partial charge is 0.253 e. The van der Waals surface area contributed by atoms with E-state index in [2.05, 4.69) is 10.3 Å². The normalized spacial score (nSPS) is 14.8. The van der Waals surface area contributed by atoms with E-state index in [1.807, 2.05) is 53.4 Å². The third-order valence-corrected chi connectivity index (χ3v) is 5.93. The standard InChI is InChI=1S/C21H21N3O3S/c1-27-16-7-8-17-18(13-16)28-21(22-17)23-19(25)14-9-11-24(12-10-14)20(26)15-5-3-2-4-6-15/h2-8,13-14H,9-12H2,1H3,(H,22,23,25). The Balaban J connectivity index is 1.36. The molecule has 0 atom stereocenters. The molecule has 2 amide bonds. The maximum absolute atomic E-state index is 12.6. The van der Waals surface area contributed by atoms with Crippen LogP contribution in [0.1, 0.15) is 23.2 Å². The first-order chi connectivity index (χ1) is 13.6. The summed E-state index contributed by atoms with van der Waals surface area (Å²) >= 11 is 1.43. The third kappa shape index (κ3) is 3.84. The minimum atomic E-state index is -0.110. The van der Waals surface area contributed by atoms with Crippen molar-refractivity contribution in [2.45, 2.75) is 12.8 Å². The summed E-state index contributed by atoms with van der Waals surface area (Å²) in [6.45, 7) is 1.17. The molecule has 7 heteroatoms. The number of nitrogens with zero attached hydrogens (tertiary/aromatic N) is 2. The molecular formula is C21H21N3O3S. The van der Waals surface area contributed by atoms with Gasteiger partial charge in [0.15, 0.2) is 5.13 Å². The number of amides is 2. The summed E-state index contributed by atoms with van der Waals surface area (Å²) in [5.74, 6) is 0.656. The van der Waals surface area contributed by atoms with Gasteiger partial charge in [-0.3, -0.25) is 9.59 Å². The van der Waals surface area contributed by atoms with E-state index in [1.165, 1.54) is 11.3 Å². The van der Waals surface area contributed by atoms with Crippen molar-refractivity contribution >= 4 is 38.5 Å². The number of hydrogen-bond acceptors (Lipinski definition) is 5. The van der Waals surface area contributed by atoms with Gasteiger partial charge in [-0.25, -0.2) is 4.98 Å². The van der Waals surface area contributed by atoms with E-state index in [4.69, 9.17) is 4.74 Å². The van der Waals surface area contributed by atoms with Crippen LogP contribution in [0.2, 0.25) is 0 Å². The Labute approximate surface area is 167 Å². The molecule has 4 rings (SSSR count). The topological polar surface area (TPSA) is 71.5 Å². The predicted octanol–water partition coefficient (Wildman–Crippen LogP) is 3.80. The molecule has 2 aromatic carbocycles. The van der Waals surface area contributed by atoms with Crippen LogP contribution in [0.25, 0.3) is 10.2 Å². The summed E-state index contributed by atoms with van der Waals surface area (Å²) in [6.07, 6.45) is 1.31. The summed E-state index contributed by atoms with van der Waals surface area (Å²) < 4.78 is 6.20. The highest BCUT2D eigenvalue weighted by Gasteiger charge is 2.28. The van der Waals surface area contributed by atoms with Crippen LogP contribution in [-0.2, 0) is 4.79 Å². The van der Waals surface area contributed by atoms with Gasteiger partial charge in [-0.15, -0.1) is 0 Å². The Kier molecular flexibility index (Phi) is 5.25. The van der Waals surface area contributed by atoms with Gasteiger partial charge in [0, 0.05) is 24.6 Å². The first-order valence-corrected chi connectivity index (χ1v) is 10.1. The number of thiazole rings is 1. The number of nitrogens with one attached hydrogen (secondary N) is 1. The zero-order valence-electron chi connectivity index (χ0n) is 15.6. The fraction of sp³-hybridized carbons (Fsp3) is 0.286. The summed E-state index contributed by atoms with van der Waals surface area (Å²) in [6, 6.07) is 14.9. The molecule has 3 aromatic rings. The van der Waals surface area contributed by atoms with E-state index >= 15 is 0 Å². The summed E-state index contributed by atoms with van der Waals surface area (Å²) in [7, 11) is 1.62. The number of carbonyl (C=O) groups is 2. The second kappa shape index (κ2) is 7.98. The lowest BCUT2D eigenvalue weighted by atomic mass is 9.95. The fourth-order valence-electron chi connectivity index (χ4n) is 3.40. The highest BCUT2D eigenvalue weighted by atomic mass is 32.1. The largest absolute Gasteiger partial charge is 0.497 e. The molecular weight excluding hydrogens is 374 g/mol. The monoisotopic (exact) mass is 395 g/mol. The summed E-state index contributed by atoms with van der Waals surface area (Å²) in [4.78, 5) is 31.5. The third-order valence-electron chi connectivity index (χ3n) is 5.00. The number of aromatic nitrogens is 1. The van der Waals surface area contributed by atoms with Crippen LogP contribution in [0, 0.1) is 5.92 Å². The number of piperidine rings is 1. The van der Waals surface area contributed by atoms with Gasteiger partial charge >= 0.3 is 0 Å². The molecule has 0 bridgehead atoms. The molecule has 0 unspecified atom stereocenters. The van der Waals surface area contributed by atoms with E-state index in [0.717, 1.165) is 16.0 Å². The van der Waals surface area contributed by atoms with Crippen LogP contribution in [0.15, 0.2) is 48.5 Å². The van der Waals surface area contributed by atoms with Gasteiger partial charge in [0.25, 0.3) is 5.91 Å². The van der Waals surface area contributed by atoms with E-state index in [-0.39, 0.29) is 17.7 Å². The van der Waals surface area contributed by atoms with Crippen molar-refractivity contribution in [3.63, 3.8) is 0 Å². The molecule has 1 aliphatic rings. The van der Waals surface area contributed by atoms with E-state index in [1.54, 1.807) is 7.11 Å². The molecule has 28 heavy (non-hydrogen) atoms. The van der Waals surface area contributed by atoms with Crippen molar-refractivity contribution < 1.29 is 14.3 Å². The Morgan fingerprint density at radius 1 is 1.14 bits per heavy atom. The molecule has 0 aliphatic carbocycles. The molecule has 0 spiro atoms. The van der Waals surface area contributed by atoms with E-state index < -0.39 is 0 Å². The predicted molar refractivity (Wildman–Crippen MR) is 110 cm³/mol. The Bertz CT molecular complexity index is 995. The molecule has 1 aromatic heterocycles. The Morgan fingerprint density at radius 3 is 2.61 bits per heavy atom. The Morgan fingerprint density at radius 2 is 1.89 bits per heavy atom. The summed E-state index contributed by atoms with van der Waals surface area (Å²) in [5, 5.41) is 3.53. The highest BCUT2D eigenvalue weighted by molar-refractivity contribution is 7.22. The lowest BCUT2D eigenvalue weighted by Crippen LogP contribution is -2.41. The van der Waals surface area contributed by atoms with Gasteiger partial charge in [-0.05, 0) is 43.2 Å². The lowest BCUT2D eigenvalue weighted by Gasteiger charge is -2.31. The van der Waals surface area contributed by atoms with Gasteiger partial charge in [-0.2, -0.15) is 0 Å². The fourth-order valence-corrected chi connectivity index (χ4v) is 4.30. The number of fused-ring (bicyclic) bond motifs is 1. The number of likely N-dealkylation sites (tertiary alicyclic amines) is 1. The molecule has 1 fully saturated rings. The number of carbonyl (C=O) groups excluding carboxylic acids is 2. The first kappa shape index (κ1) is 18.4. The van der Waals surface area contributed by atoms with Crippen LogP contribution in [0.4, 0.5) is 5.13 Å². The van der Waals surface area contributed by atoms with Gasteiger partial charge in [-0.1, -0.05) is 29.5 Å². The number of anilines is 1. The van der Waals surface area contributed by atoms with Crippen LogP contribution >= 0.6 is 11.3 Å². The lowest BCUT2D eigenvalue weighted by molar-refractivity contribution is -0.121. The van der Waals surface area contributed by atoms with Gasteiger partial charge in [0.2, 0.25) is 5.91 Å². The van der Waals surface area contributed by atoms with Crippen molar-refractivity contribution in [1.29, 1.82) is 0 Å². The number of ether oxygens (including phenoxy) is 1. The molecule has 0 radical (unpaired) electrons. The zero-order valence-corrected chi connectivity index (χ0v) is 16.4. The van der Waals surface area contributed by atoms with E-state index in [0.29, 0.717) is 36.6 Å². The minimum absolute atomic E-state index is 0.0274. The van der Waals surface area contributed by atoms with Crippen molar-refractivity contribution in [1.82, 2.24) is 9.88 Å². The number of rotatable bonds is 4. The molecule has 2 heterocycles. The molecule has 1 aliphatic heterocycles. The average molecular weight is 395 g/mol. The maximum atomic E-state index is 12.6. The molecule has 0 saturated carbocycles. The Hall–Kier alpha value is -2.93. The van der Waals surface area contributed by atoms with Crippen LogP contribution in [0.3, 0.4) is 0 Å². The van der Waals surface area contributed by atoms with Gasteiger partial charge in [0.05, 0.1) is 17.3 Å². The number of benzene rings is 2. The van der Waals surface area contributed by atoms with Gasteiger partial charge in [0.1, 0.15) is 5.75 Å². The van der Waals surface area contributed by atoms with Crippen molar-refractivity contribution in [2.24, 2.45) is 5.92 Å². The second-order valence-corrected chi connectivity index (χ2v) is 7.81. The quantitative estimate of drug-likeness (QED) is 0.729. The molecule has 6 nitrogen and oxygen atoms in total. The highest BCUT2D eigenvalue weighted by Crippen LogP contribution is 2.30. The van der Waals surface area contributed by atoms with E-state index in [9.17, 15) is 9.59 Å². The molecule has 1 saturated heterocycles. The maximum Gasteiger partial charge on any atom is 0.253 e. The summed E-state index contributed by atoms with van der Waals surface area (Å²) in [5.41, 5.74) is 1.53. The van der Waals surface area contributed by atoms with Crippen molar-refractivity contribution in [3.05, 3.63) is 54.1 Å². The zero-order chi connectivity index (χ0) is 19.5. The average Bonchev–Trinajstić information content (AvgIpc) is 3.15. The first-order valence-electron chi connectivity index (χ1n) is 9.24. The minimum Gasteiger partial charge on any atom is -0.497 e.